The Balaban J connectivity index is 1.60. The number of anilines is 1. The van der Waals surface area contributed by atoms with Crippen LogP contribution in [0.3, 0.4) is 0 Å². The number of aromatic nitrogens is 1. The highest BCUT2D eigenvalue weighted by atomic mass is 35.5. The first-order chi connectivity index (χ1) is 11.8. The molecule has 2 aromatic rings. The molecular formula is C20H26ClN3O. The maximum absolute atomic E-state index is 12.1. The first kappa shape index (κ1) is 18.0. The lowest BCUT2D eigenvalue weighted by Crippen LogP contribution is -2.44. The third-order valence-electron chi connectivity index (χ3n) is 4.81. The van der Waals surface area contributed by atoms with E-state index in [-0.39, 0.29) is 17.4 Å². The van der Waals surface area contributed by atoms with Gasteiger partial charge >= 0.3 is 0 Å². The largest absolute Gasteiger partial charge is 0.382 e. The van der Waals surface area contributed by atoms with Gasteiger partial charge in [-0.3, -0.25) is 9.78 Å². The van der Waals surface area contributed by atoms with Gasteiger partial charge in [-0.1, -0.05) is 32.4 Å². The van der Waals surface area contributed by atoms with Crippen LogP contribution < -0.4 is 10.6 Å². The molecule has 1 aromatic carbocycles. The van der Waals surface area contributed by atoms with Crippen molar-refractivity contribution >= 4 is 34.1 Å². The summed E-state index contributed by atoms with van der Waals surface area (Å²) >= 11 is 6.06. The van der Waals surface area contributed by atoms with Crippen LogP contribution in [0.2, 0.25) is 5.02 Å². The maximum atomic E-state index is 12.1. The Morgan fingerprint density at radius 1 is 1.12 bits per heavy atom. The van der Waals surface area contributed by atoms with Crippen LogP contribution in [-0.4, -0.2) is 23.0 Å². The fourth-order valence-corrected chi connectivity index (χ4v) is 3.42. The van der Waals surface area contributed by atoms with E-state index in [2.05, 4.69) is 15.6 Å². The summed E-state index contributed by atoms with van der Waals surface area (Å²) in [7, 11) is 0. The Morgan fingerprint density at radius 2 is 1.80 bits per heavy atom. The number of amides is 1. The molecule has 0 atom stereocenters. The Morgan fingerprint density at radius 3 is 2.48 bits per heavy atom. The van der Waals surface area contributed by atoms with E-state index in [4.69, 9.17) is 11.6 Å². The molecule has 1 aliphatic rings. The lowest BCUT2D eigenvalue weighted by Gasteiger charge is -2.32. The lowest BCUT2D eigenvalue weighted by molar-refractivity contribution is -0.129. The molecule has 1 amide bonds. The average Bonchev–Trinajstić information content (AvgIpc) is 2.55. The van der Waals surface area contributed by atoms with Gasteiger partial charge in [0.15, 0.2) is 0 Å². The van der Waals surface area contributed by atoms with E-state index in [1.165, 1.54) is 0 Å². The number of carbonyl (C=O) groups is 1. The van der Waals surface area contributed by atoms with Gasteiger partial charge in [-0.15, -0.1) is 0 Å². The van der Waals surface area contributed by atoms with Crippen LogP contribution in [0.1, 0.15) is 46.5 Å². The van der Waals surface area contributed by atoms with Crippen molar-refractivity contribution < 1.29 is 4.79 Å². The molecule has 0 unspecified atom stereocenters. The van der Waals surface area contributed by atoms with Gasteiger partial charge in [-0.25, -0.2) is 0 Å². The summed E-state index contributed by atoms with van der Waals surface area (Å²) in [4.78, 5) is 16.5. The van der Waals surface area contributed by atoms with Crippen molar-refractivity contribution in [3.8, 4) is 0 Å². The summed E-state index contributed by atoms with van der Waals surface area (Å²) in [6.07, 6.45) is 5.93. The minimum Gasteiger partial charge on any atom is -0.382 e. The van der Waals surface area contributed by atoms with Crippen molar-refractivity contribution in [2.45, 2.75) is 58.5 Å². The molecule has 0 bridgehead atoms. The quantitative estimate of drug-likeness (QED) is 0.829. The van der Waals surface area contributed by atoms with Crippen LogP contribution in [0.4, 0.5) is 5.69 Å². The van der Waals surface area contributed by atoms with Crippen LogP contribution in [0.15, 0.2) is 30.5 Å². The topological polar surface area (TPSA) is 54.0 Å². The van der Waals surface area contributed by atoms with Crippen molar-refractivity contribution in [2.24, 2.45) is 5.41 Å². The Labute approximate surface area is 154 Å². The highest BCUT2D eigenvalue weighted by Crippen LogP contribution is 2.28. The highest BCUT2D eigenvalue weighted by Gasteiger charge is 2.27. The van der Waals surface area contributed by atoms with Crippen LogP contribution in [-0.2, 0) is 4.79 Å². The number of nitrogens with one attached hydrogen (secondary N) is 2. The molecule has 134 valence electrons. The minimum absolute atomic E-state index is 0.140. The van der Waals surface area contributed by atoms with Crippen LogP contribution in [0.25, 0.3) is 10.9 Å². The molecule has 0 saturated heterocycles. The molecule has 1 fully saturated rings. The minimum atomic E-state index is -0.327. The zero-order valence-corrected chi connectivity index (χ0v) is 15.9. The molecule has 1 heterocycles. The average molecular weight is 360 g/mol. The molecule has 2 N–H and O–H groups in total. The molecule has 3 rings (SSSR count). The van der Waals surface area contributed by atoms with Gasteiger partial charge in [0, 0.05) is 39.8 Å². The molecule has 1 aromatic heterocycles. The van der Waals surface area contributed by atoms with E-state index >= 15 is 0 Å². The van der Waals surface area contributed by atoms with Crippen LogP contribution in [0.5, 0.6) is 0 Å². The van der Waals surface area contributed by atoms with Crippen molar-refractivity contribution in [1.29, 1.82) is 0 Å². The van der Waals surface area contributed by atoms with Gasteiger partial charge < -0.3 is 10.6 Å². The summed E-state index contributed by atoms with van der Waals surface area (Å²) in [6, 6.07) is 8.53. The smallest absolute Gasteiger partial charge is 0.225 e. The number of rotatable bonds is 3. The standard InChI is InChI=1S/C20H26ClN3O/c1-20(2,3)19(25)24-15-7-5-14(6-8-15)23-17-10-11-22-18-12-13(21)4-9-16(17)18/h4,9-12,14-15H,5-8H2,1-3H3,(H,22,23)(H,24,25). The monoisotopic (exact) mass is 359 g/mol. The fraction of sp³-hybridized carbons (Fsp3) is 0.500. The second kappa shape index (κ2) is 7.20. The van der Waals surface area contributed by atoms with E-state index in [1.807, 2.05) is 51.2 Å². The summed E-state index contributed by atoms with van der Waals surface area (Å²) in [5.74, 6) is 0.140. The molecule has 4 nitrogen and oxygen atoms in total. The highest BCUT2D eigenvalue weighted by molar-refractivity contribution is 6.31. The summed E-state index contributed by atoms with van der Waals surface area (Å²) < 4.78 is 0. The summed E-state index contributed by atoms with van der Waals surface area (Å²) in [6.45, 7) is 5.86. The molecule has 1 aliphatic carbocycles. The Kier molecular flexibility index (Phi) is 5.19. The van der Waals surface area contributed by atoms with Crippen LogP contribution in [0, 0.1) is 5.41 Å². The second-order valence-corrected chi connectivity index (χ2v) is 8.37. The van der Waals surface area contributed by atoms with Crippen molar-refractivity contribution in [1.82, 2.24) is 10.3 Å². The zero-order chi connectivity index (χ0) is 18.0. The molecular weight excluding hydrogens is 334 g/mol. The Bertz CT molecular complexity index is 761. The van der Waals surface area contributed by atoms with Crippen LogP contribution >= 0.6 is 11.6 Å². The fourth-order valence-electron chi connectivity index (χ4n) is 3.25. The molecule has 25 heavy (non-hydrogen) atoms. The molecule has 1 saturated carbocycles. The number of pyridine rings is 1. The predicted octanol–water partition coefficient (Wildman–Crippen LogP) is 4.77. The van der Waals surface area contributed by atoms with E-state index < -0.39 is 0 Å². The third-order valence-corrected chi connectivity index (χ3v) is 5.04. The number of hydrogen-bond acceptors (Lipinski definition) is 3. The van der Waals surface area contributed by atoms with Gasteiger partial charge in [0.05, 0.1) is 5.52 Å². The summed E-state index contributed by atoms with van der Waals surface area (Å²) in [5, 5.41) is 8.63. The number of carbonyl (C=O) groups excluding carboxylic acids is 1. The molecule has 5 heteroatoms. The summed E-state index contributed by atoms with van der Waals surface area (Å²) in [5.41, 5.74) is 1.68. The number of fused-ring (bicyclic) bond motifs is 1. The molecule has 0 radical (unpaired) electrons. The van der Waals surface area contributed by atoms with E-state index in [0.29, 0.717) is 11.1 Å². The second-order valence-electron chi connectivity index (χ2n) is 7.94. The van der Waals surface area contributed by atoms with Gasteiger partial charge in [0.25, 0.3) is 0 Å². The maximum Gasteiger partial charge on any atom is 0.225 e. The van der Waals surface area contributed by atoms with Gasteiger partial charge in [-0.05, 0) is 49.9 Å². The predicted molar refractivity (Wildman–Crippen MR) is 104 cm³/mol. The van der Waals surface area contributed by atoms with E-state index in [1.54, 1.807) is 0 Å². The normalized spacial score (nSPS) is 21.1. The number of halogens is 1. The first-order valence-electron chi connectivity index (χ1n) is 8.95. The Hall–Kier alpha value is -1.81. The SMILES string of the molecule is CC(C)(C)C(=O)NC1CCC(Nc2ccnc3cc(Cl)ccc23)CC1. The van der Waals surface area contributed by atoms with Gasteiger partial charge in [-0.2, -0.15) is 0 Å². The van der Waals surface area contributed by atoms with Gasteiger partial charge in [0.1, 0.15) is 0 Å². The molecule has 0 spiro atoms. The zero-order valence-electron chi connectivity index (χ0n) is 15.1. The van der Waals surface area contributed by atoms with E-state index in [0.717, 1.165) is 42.3 Å². The van der Waals surface area contributed by atoms with E-state index in [9.17, 15) is 4.79 Å². The van der Waals surface area contributed by atoms with Crippen molar-refractivity contribution in [3.05, 3.63) is 35.5 Å². The number of benzene rings is 1. The third kappa shape index (κ3) is 4.43. The number of nitrogens with zero attached hydrogens (tertiary/aromatic N) is 1. The lowest BCUT2D eigenvalue weighted by atomic mass is 9.89. The van der Waals surface area contributed by atoms with Gasteiger partial charge in [0.2, 0.25) is 5.91 Å². The van der Waals surface area contributed by atoms with Crippen molar-refractivity contribution in [2.75, 3.05) is 5.32 Å². The molecule has 0 aliphatic heterocycles. The first-order valence-corrected chi connectivity index (χ1v) is 9.32. The van der Waals surface area contributed by atoms with Crippen molar-refractivity contribution in [3.63, 3.8) is 0 Å². The number of hydrogen-bond donors (Lipinski definition) is 2.